The minimum Gasteiger partial charge on any atom is -0.300 e. The van der Waals surface area contributed by atoms with Crippen molar-refractivity contribution in [3.8, 4) is 0 Å². The number of hydrogen-bond donors (Lipinski definition) is 0. The second-order valence-corrected chi connectivity index (χ2v) is 11.4. The molecule has 0 bridgehead atoms. The summed E-state index contributed by atoms with van der Waals surface area (Å²) in [5, 5.41) is 0. The third kappa shape index (κ3) is 19.9. The normalized spacial score (nSPS) is 15.5. The third-order valence-electron chi connectivity index (χ3n) is 8.17. The highest BCUT2D eigenvalue weighted by Gasteiger charge is 2.20. The first kappa shape index (κ1) is 31.0. The van der Waals surface area contributed by atoms with Gasteiger partial charge in [-0.25, -0.2) is 0 Å². The summed E-state index contributed by atoms with van der Waals surface area (Å²) in [6.07, 6.45) is 39.7. The van der Waals surface area contributed by atoms with Crippen LogP contribution in [0.25, 0.3) is 0 Å². The summed E-state index contributed by atoms with van der Waals surface area (Å²) in [6, 6.07) is 0.905. The predicted octanol–water partition coefficient (Wildman–Crippen LogP) is 11.2. The molecule has 1 rings (SSSR count). The monoisotopic (exact) mass is 464 g/mol. The van der Waals surface area contributed by atoms with Crippen LogP contribution < -0.4 is 0 Å². The minimum atomic E-state index is 0.905. The lowest BCUT2D eigenvalue weighted by atomic mass is 10.0. The van der Waals surface area contributed by atoms with Crippen LogP contribution in [0.1, 0.15) is 187 Å². The Morgan fingerprint density at radius 1 is 0.394 bits per heavy atom. The average molecular weight is 464 g/mol. The van der Waals surface area contributed by atoms with Gasteiger partial charge in [-0.15, -0.1) is 0 Å². The molecule has 1 atom stereocenters. The molecule has 1 fully saturated rings. The number of unbranched alkanes of at least 4 members (excludes halogenated alkanes) is 21. The molecule has 1 nitrogen and oxygen atoms in total. The summed E-state index contributed by atoms with van der Waals surface area (Å²) in [5.74, 6) is 0. The van der Waals surface area contributed by atoms with Crippen LogP contribution in [0.2, 0.25) is 0 Å². The first-order chi connectivity index (χ1) is 16.4. The van der Waals surface area contributed by atoms with Crippen molar-refractivity contribution in [1.29, 1.82) is 0 Å². The minimum absolute atomic E-state index is 0.905. The third-order valence-corrected chi connectivity index (χ3v) is 8.17. The summed E-state index contributed by atoms with van der Waals surface area (Å²) in [7, 11) is 0. The first-order valence-corrected chi connectivity index (χ1v) is 16.1. The zero-order valence-corrected chi connectivity index (χ0v) is 23.5. The van der Waals surface area contributed by atoms with Crippen molar-refractivity contribution in [3.63, 3.8) is 0 Å². The van der Waals surface area contributed by atoms with Crippen molar-refractivity contribution < 1.29 is 0 Å². The molecule has 0 aromatic rings. The highest BCUT2D eigenvalue weighted by atomic mass is 15.2. The molecule has 1 saturated heterocycles. The zero-order chi connectivity index (χ0) is 23.7. The van der Waals surface area contributed by atoms with Crippen molar-refractivity contribution in [3.05, 3.63) is 0 Å². The van der Waals surface area contributed by atoms with Crippen LogP contribution >= 0.6 is 0 Å². The standard InChI is InChI=1S/C32H65N/c1-3-5-6-7-8-9-10-11-12-13-14-15-16-17-18-19-20-21-22-23-24-25-29-32(28-4-2)33-30-26-27-31-33/h32H,3-31H2,1-2H3. The van der Waals surface area contributed by atoms with Crippen molar-refractivity contribution in [1.82, 2.24) is 4.90 Å². The Kier molecular flexibility index (Phi) is 23.5. The summed E-state index contributed by atoms with van der Waals surface area (Å²) in [5.41, 5.74) is 0. The topological polar surface area (TPSA) is 3.24 Å². The van der Waals surface area contributed by atoms with E-state index < -0.39 is 0 Å². The molecule has 198 valence electrons. The van der Waals surface area contributed by atoms with Crippen molar-refractivity contribution in [2.45, 2.75) is 193 Å². The average Bonchev–Trinajstić information content (AvgIpc) is 3.36. The lowest BCUT2D eigenvalue weighted by Gasteiger charge is -2.27. The van der Waals surface area contributed by atoms with Crippen LogP contribution in [-0.4, -0.2) is 24.0 Å². The van der Waals surface area contributed by atoms with Gasteiger partial charge in [0.25, 0.3) is 0 Å². The van der Waals surface area contributed by atoms with E-state index in [1.165, 1.54) is 186 Å². The fourth-order valence-electron chi connectivity index (χ4n) is 5.94. The van der Waals surface area contributed by atoms with Gasteiger partial charge < -0.3 is 4.90 Å². The Morgan fingerprint density at radius 3 is 1.06 bits per heavy atom. The maximum atomic E-state index is 2.79. The van der Waals surface area contributed by atoms with E-state index in [0.29, 0.717) is 0 Å². The maximum Gasteiger partial charge on any atom is 0.00951 e. The van der Waals surface area contributed by atoms with Crippen LogP contribution in [-0.2, 0) is 0 Å². The molecule has 0 amide bonds. The van der Waals surface area contributed by atoms with Crippen molar-refractivity contribution in [2.75, 3.05) is 13.1 Å². The van der Waals surface area contributed by atoms with E-state index in [-0.39, 0.29) is 0 Å². The fraction of sp³-hybridized carbons (Fsp3) is 1.00. The molecule has 0 aromatic carbocycles. The Balaban J connectivity index is 1.71. The molecule has 0 N–H and O–H groups in total. The van der Waals surface area contributed by atoms with Crippen molar-refractivity contribution in [2.24, 2.45) is 0 Å². The second kappa shape index (κ2) is 25.1. The molecule has 1 aliphatic heterocycles. The van der Waals surface area contributed by atoms with Crippen LogP contribution in [0.15, 0.2) is 0 Å². The van der Waals surface area contributed by atoms with E-state index in [4.69, 9.17) is 0 Å². The molecule has 0 spiro atoms. The molecule has 0 aliphatic carbocycles. The van der Waals surface area contributed by atoms with E-state index in [2.05, 4.69) is 18.7 Å². The van der Waals surface area contributed by atoms with Gasteiger partial charge in [-0.05, 0) is 38.8 Å². The van der Waals surface area contributed by atoms with Crippen LogP contribution in [0.4, 0.5) is 0 Å². The SMILES string of the molecule is CCCCCCCCCCCCCCCCCCCCCCCCC(CCC)N1CCCC1. The highest BCUT2D eigenvalue weighted by molar-refractivity contribution is 4.76. The van der Waals surface area contributed by atoms with E-state index in [1.54, 1.807) is 0 Å². The molecule has 1 unspecified atom stereocenters. The molecular formula is C32H65N. The van der Waals surface area contributed by atoms with Crippen molar-refractivity contribution >= 4 is 0 Å². The predicted molar refractivity (Wildman–Crippen MR) is 151 cm³/mol. The molecular weight excluding hydrogens is 398 g/mol. The van der Waals surface area contributed by atoms with Gasteiger partial charge in [0.2, 0.25) is 0 Å². The van der Waals surface area contributed by atoms with E-state index in [0.717, 1.165) is 6.04 Å². The van der Waals surface area contributed by atoms with E-state index in [9.17, 15) is 0 Å². The van der Waals surface area contributed by atoms with Gasteiger partial charge in [0, 0.05) is 6.04 Å². The largest absolute Gasteiger partial charge is 0.300 e. The fourth-order valence-corrected chi connectivity index (χ4v) is 5.94. The lowest BCUT2D eigenvalue weighted by molar-refractivity contribution is 0.213. The van der Waals surface area contributed by atoms with Crippen LogP contribution in [0, 0.1) is 0 Å². The zero-order valence-electron chi connectivity index (χ0n) is 23.5. The summed E-state index contributed by atoms with van der Waals surface area (Å²) in [4.78, 5) is 2.79. The Hall–Kier alpha value is -0.0400. The van der Waals surface area contributed by atoms with E-state index in [1.807, 2.05) is 0 Å². The molecule has 0 radical (unpaired) electrons. The van der Waals surface area contributed by atoms with Gasteiger partial charge in [-0.1, -0.05) is 162 Å². The summed E-state index contributed by atoms with van der Waals surface area (Å²) >= 11 is 0. The van der Waals surface area contributed by atoms with Gasteiger partial charge in [0.1, 0.15) is 0 Å². The van der Waals surface area contributed by atoms with Gasteiger partial charge >= 0.3 is 0 Å². The second-order valence-electron chi connectivity index (χ2n) is 11.4. The summed E-state index contributed by atoms with van der Waals surface area (Å²) in [6.45, 7) is 7.43. The van der Waals surface area contributed by atoms with Gasteiger partial charge in [0.15, 0.2) is 0 Å². The molecule has 1 heteroatoms. The molecule has 1 aliphatic rings. The Bertz CT molecular complexity index is 360. The Labute approximate surface area is 211 Å². The smallest absolute Gasteiger partial charge is 0.00951 e. The molecule has 0 saturated carbocycles. The van der Waals surface area contributed by atoms with E-state index >= 15 is 0 Å². The number of likely N-dealkylation sites (tertiary alicyclic amines) is 1. The lowest BCUT2D eigenvalue weighted by Crippen LogP contribution is -2.32. The molecule has 0 aromatic heterocycles. The summed E-state index contributed by atoms with van der Waals surface area (Å²) < 4.78 is 0. The maximum absolute atomic E-state index is 2.79. The Morgan fingerprint density at radius 2 is 0.727 bits per heavy atom. The molecule has 33 heavy (non-hydrogen) atoms. The van der Waals surface area contributed by atoms with Gasteiger partial charge in [0.05, 0.1) is 0 Å². The van der Waals surface area contributed by atoms with Crippen LogP contribution in [0.5, 0.6) is 0 Å². The van der Waals surface area contributed by atoms with Crippen LogP contribution in [0.3, 0.4) is 0 Å². The number of rotatable bonds is 26. The number of hydrogen-bond acceptors (Lipinski definition) is 1. The molecule has 1 heterocycles. The van der Waals surface area contributed by atoms with Gasteiger partial charge in [-0.2, -0.15) is 0 Å². The van der Waals surface area contributed by atoms with Gasteiger partial charge in [-0.3, -0.25) is 0 Å². The number of nitrogens with zero attached hydrogens (tertiary/aromatic N) is 1. The quantitative estimate of drug-likeness (QED) is 0.115. The highest BCUT2D eigenvalue weighted by Crippen LogP contribution is 2.21. The first-order valence-electron chi connectivity index (χ1n) is 16.1.